The van der Waals surface area contributed by atoms with E-state index in [1.165, 1.54) is 0 Å². The number of amides is 2. The second-order valence-corrected chi connectivity index (χ2v) is 6.21. The van der Waals surface area contributed by atoms with Crippen molar-refractivity contribution in [1.82, 2.24) is 5.32 Å². The predicted octanol–water partition coefficient (Wildman–Crippen LogP) is 3.93. The van der Waals surface area contributed by atoms with Crippen molar-refractivity contribution >= 4 is 34.8 Å². The number of nitrogens with one attached hydrogen (secondary N) is 3. The number of anilines is 2. The highest BCUT2D eigenvalue weighted by Gasteiger charge is 2.13. The maximum absolute atomic E-state index is 12.3. The van der Waals surface area contributed by atoms with Gasteiger partial charge in [0, 0.05) is 17.3 Å². The number of rotatable bonds is 9. The summed E-state index contributed by atoms with van der Waals surface area (Å²) in [5.74, 6) is 0.135. The van der Waals surface area contributed by atoms with Crippen LogP contribution in [0.25, 0.3) is 0 Å². The number of hydrogen-bond donors (Lipinski definition) is 3. The molecule has 0 heterocycles. The molecule has 2 amide bonds. The van der Waals surface area contributed by atoms with E-state index in [0.29, 0.717) is 40.9 Å². The van der Waals surface area contributed by atoms with Crippen molar-refractivity contribution in [2.24, 2.45) is 0 Å². The fourth-order valence-corrected chi connectivity index (χ4v) is 2.59. The highest BCUT2D eigenvalue weighted by Crippen LogP contribution is 2.24. The van der Waals surface area contributed by atoms with Gasteiger partial charge in [-0.2, -0.15) is 0 Å². The summed E-state index contributed by atoms with van der Waals surface area (Å²) in [5, 5.41) is 9.08. The minimum absolute atomic E-state index is 0.0190. The normalized spacial score (nSPS) is 10.2. The van der Waals surface area contributed by atoms with Gasteiger partial charge in [-0.15, -0.1) is 0 Å². The van der Waals surface area contributed by atoms with Crippen molar-refractivity contribution < 1.29 is 14.3 Å². The van der Waals surface area contributed by atoms with Crippen LogP contribution in [0, 0.1) is 0 Å². The van der Waals surface area contributed by atoms with E-state index in [9.17, 15) is 9.59 Å². The second kappa shape index (κ2) is 10.4. The molecule has 144 valence electrons. The third kappa shape index (κ3) is 6.18. The monoisotopic (exact) mass is 389 g/mol. The van der Waals surface area contributed by atoms with Gasteiger partial charge in [-0.3, -0.25) is 9.59 Å². The highest BCUT2D eigenvalue weighted by molar-refractivity contribution is 6.31. The van der Waals surface area contributed by atoms with Crippen LogP contribution in [0.5, 0.6) is 5.75 Å². The maximum Gasteiger partial charge on any atom is 0.253 e. The summed E-state index contributed by atoms with van der Waals surface area (Å²) in [4.78, 5) is 24.6. The smallest absolute Gasteiger partial charge is 0.253 e. The fourth-order valence-electron chi connectivity index (χ4n) is 2.42. The van der Waals surface area contributed by atoms with Crippen LogP contribution in [-0.4, -0.2) is 31.5 Å². The fraction of sp³-hybridized carbons (Fsp3) is 0.300. The number of hydrogen-bond acceptors (Lipinski definition) is 4. The zero-order chi connectivity index (χ0) is 19.6. The summed E-state index contributed by atoms with van der Waals surface area (Å²) in [6.45, 7) is 4.92. The van der Waals surface area contributed by atoms with Crippen LogP contribution in [0.2, 0.25) is 5.02 Å². The quantitative estimate of drug-likeness (QED) is 0.607. The van der Waals surface area contributed by atoms with Gasteiger partial charge in [0.25, 0.3) is 5.91 Å². The van der Waals surface area contributed by atoms with Crippen molar-refractivity contribution in [3.05, 3.63) is 53.1 Å². The summed E-state index contributed by atoms with van der Waals surface area (Å²) in [6, 6.07) is 12.1. The molecule has 0 radical (unpaired) electrons. The molecular weight excluding hydrogens is 366 g/mol. The molecule has 2 rings (SSSR count). The lowest BCUT2D eigenvalue weighted by Gasteiger charge is -2.14. The number of ether oxygens (including phenoxy) is 1. The topological polar surface area (TPSA) is 79.5 Å². The summed E-state index contributed by atoms with van der Waals surface area (Å²) in [5.41, 5.74) is 1.54. The Kier molecular flexibility index (Phi) is 7.95. The van der Waals surface area contributed by atoms with Crippen LogP contribution >= 0.6 is 11.6 Å². The van der Waals surface area contributed by atoms with Crippen molar-refractivity contribution in [2.45, 2.75) is 20.3 Å². The van der Waals surface area contributed by atoms with E-state index in [0.717, 1.165) is 6.42 Å². The molecule has 0 bridgehead atoms. The molecule has 2 aromatic carbocycles. The van der Waals surface area contributed by atoms with Crippen LogP contribution in [0.4, 0.5) is 11.4 Å². The average Bonchev–Trinajstić information content (AvgIpc) is 2.66. The molecular formula is C20H24ClN3O3. The standard InChI is InChI=1S/C20H24ClN3O3/c1-3-11-22-20(26)15-10-9-14(21)12-17(15)23-13-19(25)24-16-7-5-6-8-18(16)27-4-2/h5-10,12,23H,3-4,11,13H2,1-2H3,(H,22,26)(H,24,25). The number of para-hydroxylation sites is 2. The molecule has 3 N–H and O–H groups in total. The molecule has 0 spiro atoms. The molecule has 27 heavy (non-hydrogen) atoms. The van der Waals surface area contributed by atoms with Crippen LogP contribution in [-0.2, 0) is 4.79 Å². The molecule has 0 aromatic heterocycles. The second-order valence-electron chi connectivity index (χ2n) is 5.78. The first-order valence-electron chi connectivity index (χ1n) is 8.88. The van der Waals surface area contributed by atoms with E-state index >= 15 is 0 Å². The van der Waals surface area contributed by atoms with Crippen LogP contribution < -0.4 is 20.7 Å². The Balaban J connectivity index is 2.04. The third-order valence-corrected chi connectivity index (χ3v) is 3.90. The zero-order valence-electron chi connectivity index (χ0n) is 15.5. The SMILES string of the molecule is CCCNC(=O)c1ccc(Cl)cc1NCC(=O)Nc1ccccc1OCC. The van der Waals surface area contributed by atoms with E-state index in [-0.39, 0.29) is 18.4 Å². The molecule has 0 aliphatic heterocycles. The zero-order valence-corrected chi connectivity index (χ0v) is 16.2. The first-order valence-corrected chi connectivity index (χ1v) is 9.26. The predicted molar refractivity (Wildman–Crippen MR) is 109 cm³/mol. The number of halogens is 1. The van der Waals surface area contributed by atoms with E-state index in [1.807, 2.05) is 26.0 Å². The molecule has 0 unspecified atom stereocenters. The van der Waals surface area contributed by atoms with Crippen molar-refractivity contribution in [2.75, 3.05) is 30.3 Å². The molecule has 0 aliphatic carbocycles. The number of carbonyl (C=O) groups is 2. The van der Waals surface area contributed by atoms with E-state index < -0.39 is 0 Å². The Hall–Kier alpha value is -2.73. The number of benzene rings is 2. The van der Waals surface area contributed by atoms with Gasteiger partial charge >= 0.3 is 0 Å². The van der Waals surface area contributed by atoms with Crippen molar-refractivity contribution in [1.29, 1.82) is 0 Å². The first-order chi connectivity index (χ1) is 13.0. The molecule has 0 fully saturated rings. The Morgan fingerprint density at radius 1 is 1.07 bits per heavy atom. The minimum Gasteiger partial charge on any atom is -0.492 e. The largest absolute Gasteiger partial charge is 0.492 e. The number of carbonyl (C=O) groups excluding carboxylic acids is 2. The van der Waals surface area contributed by atoms with Crippen LogP contribution in [0.15, 0.2) is 42.5 Å². The highest BCUT2D eigenvalue weighted by atomic mass is 35.5. The molecule has 0 aliphatic rings. The minimum atomic E-state index is -0.262. The molecule has 0 atom stereocenters. The first kappa shape index (κ1) is 20.6. The van der Waals surface area contributed by atoms with Gasteiger partial charge in [-0.1, -0.05) is 30.7 Å². The lowest BCUT2D eigenvalue weighted by atomic mass is 10.1. The van der Waals surface area contributed by atoms with E-state index in [4.69, 9.17) is 16.3 Å². The van der Waals surface area contributed by atoms with Crippen molar-refractivity contribution in [3.8, 4) is 5.75 Å². The van der Waals surface area contributed by atoms with Gasteiger partial charge in [0.1, 0.15) is 5.75 Å². The Morgan fingerprint density at radius 3 is 2.59 bits per heavy atom. The molecule has 0 saturated heterocycles. The summed E-state index contributed by atoms with van der Waals surface area (Å²) in [7, 11) is 0. The van der Waals surface area contributed by atoms with Gasteiger partial charge in [-0.25, -0.2) is 0 Å². The van der Waals surface area contributed by atoms with Crippen LogP contribution in [0.3, 0.4) is 0 Å². The summed E-state index contributed by atoms with van der Waals surface area (Å²) >= 11 is 6.04. The van der Waals surface area contributed by atoms with Gasteiger partial charge in [0.2, 0.25) is 5.91 Å². The Bertz CT molecular complexity index is 796. The third-order valence-electron chi connectivity index (χ3n) is 3.66. The van der Waals surface area contributed by atoms with E-state index in [2.05, 4.69) is 16.0 Å². The summed E-state index contributed by atoms with van der Waals surface area (Å²) in [6.07, 6.45) is 0.837. The average molecular weight is 390 g/mol. The van der Waals surface area contributed by atoms with Gasteiger partial charge < -0.3 is 20.7 Å². The molecule has 2 aromatic rings. The molecule has 6 nitrogen and oxygen atoms in total. The van der Waals surface area contributed by atoms with Gasteiger partial charge in [0.05, 0.1) is 24.4 Å². The summed E-state index contributed by atoms with van der Waals surface area (Å²) < 4.78 is 5.50. The molecule has 0 saturated carbocycles. The van der Waals surface area contributed by atoms with Crippen molar-refractivity contribution in [3.63, 3.8) is 0 Å². The lowest BCUT2D eigenvalue weighted by molar-refractivity contribution is -0.114. The van der Waals surface area contributed by atoms with Crippen LogP contribution in [0.1, 0.15) is 30.6 Å². The van der Waals surface area contributed by atoms with Gasteiger partial charge in [-0.05, 0) is 43.7 Å². The lowest BCUT2D eigenvalue weighted by Crippen LogP contribution is -2.27. The Morgan fingerprint density at radius 2 is 1.85 bits per heavy atom. The molecule has 7 heteroatoms. The maximum atomic E-state index is 12.3. The Labute approximate surface area is 164 Å². The van der Waals surface area contributed by atoms with Gasteiger partial charge in [0.15, 0.2) is 0 Å². The van der Waals surface area contributed by atoms with E-state index in [1.54, 1.807) is 30.3 Å².